The Morgan fingerprint density at radius 2 is 2.10 bits per heavy atom. The molecule has 0 heterocycles. The first-order valence-electron chi connectivity index (χ1n) is 7.76. The van der Waals surface area contributed by atoms with E-state index in [1.807, 2.05) is 18.2 Å². The zero-order valence-corrected chi connectivity index (χ0v) is 14.8. The molecule has 2 unspecified atom stereocenters. The lowest BCUT2D eigenvalue weighted by Crippen LogP contribution is -2.54. The number of nitrogens with one attached hydrogen (secondary N) is 1. The van der Waals surface area contributed by atoms with Crippen LogP contribution in [0.25, 0.3) is 0 Å². The Labute approximate surface area is 138 Å². The second-order valence-corrected chi connectivity index (χ2v) is 7.42. The van der Waals surface area contributed by atoms with Crippen molar-refractivity contribution in [1.29, 1.82) is 0 Å². The third kappa shape index (κ3) is 4.13. The van der Waals surface area contributed by atoms with Crippen LogP contribution in [0.3, 0.4) is 0 Å². The van der Waals surface area contributed by atoms with Gasteiger partial charge in [-0.2, -0.15) is 0 Å². The van der Waals surface area contributed by atoms with Gasteiger partial charge in [0.2, 0.25) is 0 Å². The highest BCUT2D eigenvalue weighted by atomic mass is 35.5. The van der Waals surface area contributed by atoms with Gasteiger partial charge in [0.05, 0.1) is 10.0 Å². The lowest BCUT2D eigenvalue weighted by atomic mass is 9.75. The largest absolute Gasteiger partial charge is 0.311 e. The predicted molar refractivity (Wildman–Crippen MR) is 92.2 cm³/mol. The van der Waals surface area contributed by atoms with Gasteiger partial charge in [0.25, 0.3) is 0 Å². The van der Waals surface area contributed by atoms with Crippen molar-refractivity contribution in [2.75, 3.05) is 20.6 Å². The number of hydrogen-bond acceptors (Lipinski definition) is 2. The summed E-state index contributed by atoms with van der Waals surface area (Å²) in [6, 6.07) is 5.82. The molecule has 1 fully saturated rings. The summed E-state index contributed by atoms with van der Waals surface area (Å²) >= 11 is 12.3. The molecule has 0 spiro atoms. The van der Waals surface area contributed by atoms with Crippen LogP contribution in [-0.2, 0) is 6.54 Å². The molecule has 118 valence electrons. The van der Waals surface area contributed by atoms with Gasteiger partial charge in [-0.1, -0.05) is 55.1 Å². The Kier molecular flexibility index (Phi) is 5.96. The average molecular weight is 329 g/mol. The van der Waals surface area contributed by atoms with Crippen LogP contribution in [0.5, 0.6) is 0 Å². The van der Waals surface area contributed by atoms with E-state index in [9.17, 15) is 0 Å². The Hall–Kier alpha value is -0.280. The van der Waals surface area contributed by atoms with Crippen molar-refractivity contribution in [2.24, 2.45) is 5.92 Å². The minimum Gasteiger partial charge on any atom is -0.311 e. The molecule has 0 bridgehead atoms. The molecule has 0 aliphatic heterocycles. The first kappa shape index (κ1) is 17.1. The molecular weight excluding hydrogens is 303 g/mol. The van der Waals surface area contributed by atoms with Crippen LogP contribution in [0.1, 0.15) is 38.2 Å². The number of nitrogens with zero attached hydrogens (tertiary/aromatic N) is 1. The maximum Gasteiger partial charge on any atom is 0.0637 e. The van der Waals surface area contributed by atoms with E-state index in [0.29, 0.717) is 10.0 Å². The van der Waals surface area contributed by atoms with Crippen LogP contribution >= 0.6 is 23.2 Å². The summed E-state index contributed by atoms with van der Waals surface area (Å²) < 4.78 is 0. The molecule has 1 saturated carbocycles. The van der Waals surface area contributed by atoms with Gasteiger partial charge in [-0.3, -0.25) is 0 Å². The second-order valence-electron chi connectivity index (χ2n) is 6.64. The second kappa shape index (κ2) is 7.32. The van der Waals surface area contributed by atoms with Crippen molar-refractivity contribution in [2.45, 2.75) is 44.7 Å². The molecule has 0 amide bonds. The SMILES string of the molecule is CC1CCCC(CNCc2cccc(Cl)c2Cl)(N(C)C)C1. The minimum absolute atomic E-state index is 0.267. The third-order valence-electron chi connectivity index (χ3n) is 4.82. The number of likely N-dealkylation sites (N-methyl/N-ethyl adjacent to an activating group) is 1. The van der Waals surface area contributed by atoms with Crippen LogP contribution < -0.4 is 5.32 Å². The zero-order valence-electron chi connectivity index (χ0n) is 13.3. The van der Waals surface area contributed by atoms with Crippen molar-refractivity contribution < 1.29 is 0 Å². The zero-order chi connectivity index (χ0) is 15.5. The molecule has 21 heavy (non-hydrogen) atoms. The van der Waals surface area contributed by atoms with Crippen LogP contribution in [0.15, 0.2) is 18.2 Å². The molecule has 1 aliphatic carbocycles. The fourth-order valence-corrected chi connectivity index (χ4v) is 3.86. The fraction of sp³-hybridized carbons (Fsp3) is 0.647. The summed E-state index contributed by atoms with van der Waals surface area (Å²) in [4.78, 5) is 2.40. The van der Waals surface area contributed by atoms with Gasteiger partial charge >= 0.3 is 0 Å². The van der Waals surface area contributed by atoms with E-state index >= 15 is 0 Å². The molecule has 0 saturated heterocycles. The topological polar surface area (TPSA) is 15.3 Å². The van der Waals surface area contributed by atoms with Gasteiger partial charge in [0, 0.05) is 18.6 Å². The number of hydrogen-bond donors (Lipinski definition) is 1. The van der Waals surface area contributed by atoms with Crippen molar-refractivity contribution in [3.8, 4) is 0 Å². The van der Waals surface area contributed by atoms with Crippen LogP contribution in [-0.4, -0.2) is 31.1 Å². The Morgan fingerprint density at radius 1 is 1.33 bits per heavy atom. The molecule has 2 nitrogen and oxygen atoms in total. The number of halogens is 2. The Morgan fingerprint density at radius 3 is 2.76 bits per heavy atom. The summed E-state index contributed by atoms with van der Waals surface area (Å²) in [5.41, 5.74) is 1.34. The maximum atomic E-state index is 6.25. The summed E-state index contributed by atoms with van der Waals surface area (Å²) in [5, 5.41) is 4.90. The van der Waals surface area contributed by atoms with Gasteiger partial charge in [-0.15, -0.1) is 0 Å². The summed E-state index contributed by atoms with van der Waals surface area (Å²) in [6.07, 6.45) is 5.20. The van der Waals surface area contributed by atoms with Crippen LogP contribution in [0.4, 0.5) is 0 Å². The summed E-state index contributed by atoms with van der Waals surface area (Å²) in [7, 11) is 4.40. The molecule has 1 aromatic rings. The molecule has 0 aromatic heterocycles. The Balaban J connectivity index is 1.98. The molecule has 1 aromatic carbocycles. The highest BCUT2D eigenvalue weighted by Gasteiger charge is 2.36. The van der Waals surface area contributed by atoms with E-state index in [0.717, 1.165) is 24.6 Å². The van der Waals surface area contributed by atoms with Gasteiger partial charge in [-0.25, -0.2) is 0 Å². The highest BCUT2D eigenvalue weighted by molar-refractivity contribution is 6.42. The first-order chi connectivity index (χ1) is 9.94. The van der Waals surface area contributed by atoms with E-state index in [1.54, 1.807) is 0 Å². The molecule has 2 atom stereocenters. The number of rotatable bonds is 5. The molecule has 2 rings (SSSR count). The quantitative estimate of drug-likeness (QED) is 0.850. The van der Waals surface area contributed by atoms with E-state index in [4.69, 9.17) is 23.2 Å². The smallest absolute Gasteiger partial charge is 0.0637 e. The average Bonchev–Trinajstić information content (AvgIpc) is 2.43. The maximum absolute atomic E-state index is 6.25. The lowest BCUT2D eigenvalue weighted by molar-refractivity contribution is 0.0749. The van der Waals surface area contributed by atoms with E-state index in [2.05, 4.69) is 31.2 Å². The van der Waals surface area contributed by atoms with Crippen molar-refractivity contribution in [1.82, 2.24) is 10.2 Å². The first-order valence-corrected chi connectivity index (χ1v) is 8.51. The molecular formula is C17H26Cl2N2. The third-order valence-corrected chi connectivity index (χ3v) is 5.68. The van der Waals surface area contributed by atoms with E-state index < -0.39 is 0 Å². The minimum atomic E-state index is 0.267. The van der Waals surface area contributed by atoms with E-state index in [1.165, 1.54) is 25.7 Å². The van der Waals surface area contributed by atoms with Crippen LogP contribution in [0.2, 0.25) is 10.0 Å². The Bertz CT molecular complexity index is 476. The fourth-order valence-electron chi connectivity index (χ4n) is 3.47. The van der Waals surface area contributed by atoms with Gasteiger partial charge in [0.15, 0.2) is 0 Å². The molecule has 0 radical (unpaired) electrons. The predicted octanol–water partition coefficient (Wildman–Crippen LogP) is 4.59. The van der Waals surface area contributed by atoms with Crippen molar-refractivity contribution in [3.05, 3.63) is 33.8 Å². The number of benzene rings is 1. The molecule has 1 N–H and O–H groups in total. The van der Waals surface area contributed by atoms with Crippen molar-refractivity contribution in [3.63, 3.8) is 0 Å². The van der Waals surface area contributed by atoms with Crippen LogP contribution in [0, 0.1) is 5.92 Å². The molecule has 1 aliphatic rings. The monoisotopic (exact) mass is 328 g/mol. The summed E-state index contributed by atoms with van der Waals surface area (Å²) in [5.74, 6) is 0.803. The lowest BCUT2D eigenvalue weighted by Gasteiger charge is -2.45. The summed E-state index contributed by atoms with van der Waals surface area (Å²) in [6.45, 7) is 4.13. The highest BCUT2D eigenvalue weighted by Crippen LogP contribution is 2.35. The van der Waals surface area contributed by atoms with Gasteiger partial charge in [0.1, 0.15) is 0 Å². The van der Waals surface area contributed by atoms with Gasteiger partial charge in [-0.05, 0) is 44.5 Å². The molecule has 4 heteroatoms. The normalized spacial score (nSPS) is 26.3. The van der Waals surface area contributed by atoms with E-state index in [-0.39, 0.29) is 5.54 Å². The standard InChI is InChI=1S/C17H26Cl2N2/c1-13-6-5-9-17(10-13,21(2)3)12-20-11-14-7-4-8-15(18)16(14)19/h4,7-8,13,20H,5-6,9-12H2,1-3H3. The van der Waals surface area contributed by atoms with Crippen molar-refractivity contribution >= 4 is 23.2 Å². The van der Waals surface area contributed by atoms with Gasteiger partial charge < -0.3 is 10.2 Å².